The monoisotopic (exact) mass is 472 g/mol. The van der Waals surface area contributed by atoms with Crippen molar-refractivity contribution in [2.75, 3.05) is 5.32 Å². The fraction of sp³-hybridized carbons (Fsp3) is 0.250. The standard InChI is InChI=1S/C20H15F3N8O3/c1-8(26-19(33)15-9-2-5-14(32)29-16(9)25-7-24-15)12-6-11(31-34-12)18-27-10-3-4-13(20(21,22)23)28-17(10)30-18/h3-4,6-8H,2,5H2,1H3,(H,26,33)(H,27,28,30)(H,24,25,29,32)/t8-/m1/s1. The first kappa shape index (κ1) is 21.5. The SMILES string of the molecule is C[C@@H](NC(=O)c1ncnc2c1CCC(=O)N2)c1cc(-c2nc3nc(C(F)(F)F)ccc3[nH]2)no1. The highest BCUT2D eigenvalue weighted by molar-refractivity contribution is 5.99. The Labute approximate surface area is 188 Å². The van der Waals surface area contributed by atoms with E-state index in [-0.39, 0.29) is 40.9 Å². The topological polar surface area (TPSA) is 152 Å². The van der Waals surface area contributed by atoms with Crippen LogP contribution in [0, 0.1) is 0 Å². The highest BCUT2D eigenvalue weighted by Crippen LogP contribution is 2.30. The van der Waals surface area contributed by atoms with Crippen LogP contribution in [0.4, 0.5) is 19.0 Å². The second kappa shape index (κ2) is 7.90. The van der Waals surface area contributed by atoms with Crippen molar-refractivity contribution >= 4 is 28.8 Å². The average Bonchev–Trinajstić information content (AvgIpc) is 3.44. The molecule has 3 N–H and O–H groups in total. The lowest BCUT2D eigenvalue weighted by atomic mass is 10.0. The third-order valence-electron chi connectivity index (χ3n) is 5.20. The highest BCUT2D eigenvalue weighted by atomic mass is 19.4. The lowest BCUT2D eigenvalue weighted by Crippen LogP contribution is -2.30. The predicted molar refractivity (Wildman–Crippen MR) is 109 cm³/mol. The van der Waals surface area contributed by atoms with Crippen molar-refractivity contribution < 1.29 is 27.3 Å². The van der Waals surface area contributed by atoms with E-state index in [1.165, 1.54) is 18.5 Å². The number of aromatic nitrogens is 6. The van der Waals surface area contributed by atoms with Gasteiger partial charge in [-0.2, -0.15) is 13.2 Å². The van der Waals surface area contributed by atoms with Crippen LogP contribution in [0.5, 0.6) is 0 Å². The minimum atomic E-state index is -4.59. The van der Waals surface area contributed by atoms with E-state index >= 15 is 0 Å². The van der Waals surface area contributed by atoms with Gasteiger partial charge in [-0.25, -0.2) is 19.9 Å². The van der Waals surface area contributed by atoms with Crippen LogP contribution in [0.3, 0.4) is 0 Å². The lowest BCUT2D eigenvalue weighted by Gasteiger charge is -2.18. The number of fused-ring (bicyclic) bond motifs is 2. The molecule has 1 atom stereocenters. The maximum absolute atomic E-state index is 12.9. The molecule has 11 nitrogen and oxygen atoms in total. The molecule has 0 radical (unpaired) electrons. The summed E-state index contributed by atoms with van der Waals surface area (Å²) >= 11 is 0. The maximum Gasteiger partial charge on any atom is 0.433 e. The van der Waals surface area contributed by atoms with Gasteiger partial charge in [-0.15, -0.1) is 0 Å². The van der Waals surface area contributed by atoms with E-state index in [9.17, 15) is 22.8 Å². The van der Waals surface area contributed by atoms with Gasteiger partial charge in [0, 0.05) is 18.1 Å². The van der Waals surface area contributed by atoms with E-state index in [0.717, 1.165) is 6.07 Å². The zero-order valence-corrected chi connectivity index (χ0v) is 17.4. The number of anilines is 1. The number of pyridine rings is 1. The molecule has 0 unspecified atom stereocenters. The number of hydrogen-bond acceptors (Lipinski definition) is 8. The smallest absolute Gasteiger partial charge is 0.358 e. The Morgan fingerprint density at radius 1 is 1.21 bits per heavy atom. The number of halogens is 3. The number of nitrogens with one attached hydrogen (secondary N) is 3. The van der Waals surface area contributed by atoms with Gasteiger partial charge < -0.3 is 20.1 Å². The zero-order valence-electron chi connectivity index (χ0n) is 17.4. The van der Waals surface area contributed by atoms with Crippen LogP contribution in [-0.2, 0) is 17.4 Å². The molecule has 0 aliphatic carbocycles. The molecule has 34 heavy (non-hydrogen) atoms. The third-order valence-corrected chi connectivity index (χ3v) is 5.20. The number of nitrogens with zero attached hydrogens (tertiary/aromatic N) is 5. The van der Waals surface area contributed by atoms with Gasteiger partial charge >= 0.3 is 6.18 Å². The van der Waals surface area contributed by atoms with E-state index in [1.807, 2.05) is 0 Å². The summed E-state index contributed by atoms with van der Waals surface area (Å²) in [5.74, 6) is 0.0708. The van der Waals surface area contributed by atoms with Crippen LogP contribution in [0.2, 0.25) is 0 Å². The molecule has 14 heteroatoms. The average molecular weight is 472 g/mol. The van der Waals surface area contributed by atoms with Crippen molar-refractivity contribution in [1.29, 1.82) is 0 Å². The molecule has 0 saturated carbocycles. The van der Waals surface area contributed by atoms with Crippen molar-refractivity contribution in [3.8, 4) is 11.5 Å². The molecule has 0 bridgehead atoms. The molecule has 1 aliphatic rings. The van der Waals surface area contributed by atoms with Crippen LogP contribution in [0.15, 0.2) is 29.0 Å². The summed E-state index contributed by atoms with van der Waals surface area (Å²) in [6.07, 6.45) is -2.84. The number of aromatic amines is 1. The van der Waals surface area contributed by atoms with E-state index in [4.69, 9.17) is 4.52 Å². The highest BCUT2D eigenvalue weighted by Gasteiger charge is 2.33. The Morgan fingerprint density at radius 3 is 2.82 bits per heavy atom. The van der Waals surface area contributed by atoms with E-state index in [0.29, 0.717) is 23.3 Å². The third kappa shape index (κ3) is 3.93. The Balaban J connectivity index is 1.35. The van der Waals surface area contributed by atoms with Gasteiger partial charge in [-0.1, -0.05) is 5.16 Å². The molecule has 5 heterocycles. The van der Waals surface area contributed by atoms with Gasteiger partial charge in [-0.3, -0.25) is 9.59 Å². The summed E-state index contributed by atoms with van der Waals surface area (Å²) in [7, 11) is 0. The molecule has 2 amide bonds. The molecular formula is C20H15F3N8O3. The summed E-state index contributed by atoms with van der Waals surface area (Å²) in [5.41, 5.74) is 0.0378. The molecule has 0 fully saturated rings. The number of amides is 2. The largest absolute Gasteiger partial charge is 0.433 e. The molecule has 174 valence electrons. The van der Waals surface area contributed by atoms with Gasteiger partial charge in [0.25, 0.3) is 5.91 Å². The first-order valence-electron chi connectivity index (χ1n) is 10.0. The van der Waals surface area contributed by atoms with Gasteiger partial charge in [0.05, 0.1) is 11.6 Å². The fourth-order valence-corrected chi connectivity index (χ4v) is 3.50. The normalized spacial score (nSPS) is 14.5. The van der Waals surface area contributed by atoms with Crippen molar-refractivity contribution in [3.05, 3.63) is 47.2 Å². The van der Waals surface area contributed by atoms with E-state index < -0.39 is 23.8 Å². The van der Waals surface area contributed by atoms with Crippen LogP contribution >= 0.6 is 0 Å². The molecule has 1 aliphatic heterocycles. The molecule has 4 aromatic rings. The maximum atomic E-state index is 12.9. The summed E-state index contributed by atoms with van der Waals surface area (Å²) in [6.45, 7) is 1.66. The molecule has 4 aromatic heterocycles. The first-order valence-corrected chi connectivity index (χ1v) is 10.0. The van der Waals surface area contributed by atoms with Crippen molar-refractivity contribution in [2.45, 2.75) is 32.0 Å². The number of alkyl halides is 3. The molecular weight excluding hydrogens is 457 g/mol. The van der Waals surface area contributed by atoms with E-state index in [1.54, 1.807) is 6.92 Å². The number of carbonyl (C=O) groups excluding carboxylic acids is 2. The van der Waals surface area contributed by atoms with Crippen molar-refractivity contribution in [1.82, 2.24) is 35.4 Å². The fourth-order valence-electron chi connectivity index (χ4n) is 3.50. The minimum Gasteiger partial charge on any atom is -0.358 e. The van der Waals surface area contributed by atoms with Crippen LogP contribution in [0.25, 0.3) is 22.7 Å². The Hall–Kier alpha value is -4.36. The second-order valence-electron chi connectivity index (χ2n) is 7.56. The van der Waals surface area contributed by atoms with Crippen LogP contribution in [-0.4, -0.2) is 41.9 Å². The Morgan fingerprint density at radius 2 is 2.03 bits per heavy atom. The summed E-state index contributed by atoms with van der Waals surface area (Å²) < 4.78 is 44.0. The predicted octanol–water partition coefficient (Wildman–Crippen LogP) is 2.80. The molecule has 5 rings (SSSR count). The lowest BCUT2D eigenvalue weighted by molar-refractivity contribution is -0.141. The zero-order chi connectivity index (χ0) is 24.0. The van der Waals surface area contributed by atoms with Crippen LogP contribution < -0.4 is 10.6 Å². The van der Waals surface area contributed by atoms with Gasteiger partial charge in [-0.05, 0) is 25.5 Å². The van der Waals surface area contributed by atoms with Crippen LogP contribution in [0.1, 0.15) is 46.9 Å². The second-order valence-corrected chi connectivity index (χ2v) is 7.56. The molecule has 0 saturated heterocycles. The number of H-pyrrole nitrogens is 1. The number of hydrogen-bond donors (Lipinski definition) is 3. The molecule has 0 aromatic carbocycles. The number of rotatable bonds is 4. The van der Waals surface area contributed by atoms with Gasteiger partial charge in [0.1, 0.15) is 29.2 Å². The summed E-state index contributed by atoms with van der Waals surface area (Å²) in [5, 5.41) is 9.24. The molecule has 0 spiro atoms. The van der Waals surface area contributed by atoms with E-state index in [2.05, 4.69) is 40.7 Å². The van der Waals surface area contributed by atoms with Gasteiger partial charge in [0.15, 0.2) is 17.2 Å². The van der Waals surface area contributed by atoms with Crippen molar-refractivity contribution in [2.24, 2.45) is 0 Å². The Bertz CT molecular complexity index is 1430. The van der Waals surface area contributed by atoms with Gasteiger partial charge in [0.2, 0.25) is 5.91 Å². The minimum absolute atomic E-state index is 0.114. The van der Waals surface area contributed by atoms with Crippen molar-refractivity contribution in [3.63, 3.8) is 0 Å². The number of imidazole rings is 1. The quantitative estimate of drug-likeness (QED) is 0.410. The summed E-state index contributed by atoms with van der Waals surface area (Å²) in [4.78, 5) is 42.8. The first-order chi connectivity index (χ1) is 16.2. The Kier molecular flexibility index (Phi) is 4.99. The number of carbonyl (C=O) groups is 2. The summed E-state index contributed by atoms with van der Waals surface area (Å²) in [6, 6.07) is 2.96.